The van der Waals surface area contributed by atoms with Gasteiger partial charge in [-0.3, -0.25) is 0 Å². The standard InChI is InChI=1S/C11H7ClN2O2/c12-11-9(8-4-2-1-3-5-8)6-7-10(13-11)14(15)16/h1-7H. The highest BCUT2D eigenvalue weighted by molar-refractivity contribution is 6.32. The van der Waals surface area contributed by atoms with Crippen LogP contribution >= 0.6 is 11.6 Å². The van der Waals surface area contributed by atoms with Crippen LogP contribution in [0.25, 0.3) is 11.1 Å². The fourth-order valence-corrected chi connectivity index (χ4v) is 1.62. The first-order chi connectivity index (χ1) is 7.68. The lowest BCUT2D eigenvalue weighted by molar-refractivity contribution is -0.389. The molecule has 0 unspecified atom stereocenters. The van der Waals surface area contributed by atoms with E-state index in [0.717, 1.165) is 5.56 Å². The fourth-order valence-electron chi connectivity index (χ4n) is 1.36. The van der Waals surface area contributed by atoms with Gasteiger partial charge in [-0.05, 0) is 33.1 Å². The third-order valence-electron chi connectivity index (χ3n) is 2.11. The van der Waals surface area contributed by atoms with E-state index in [0.29, 0.717) is 5.56 Å². The Bertz CT molecular complexity index is 529. The van der Waals surface area contributed by atoms with E-state index in [1.165, 1.54) is 6.07 Å². The number of nitrogens with zero attached hydrogens (tertiary/aromatic N) is 2. The molecular weight excluding hydrogens is 228 g/mol. The highest BCUT2D eigenvalue weighted by atomic mass is 35.5. The monoisotopic (exact) mass is 234 g/mol. The van der Waals surface area contributed by atoms with Crippen LogP contribution in [-0.2, 0) is 0 Å². The lowest BCUT2D eigenvalue weighted by Gasteiger charge is -2.00. The zero-order chi connectivity index (χ0) is 11.5. The maximum Gasteiger partial charge on any atom is 0.365 e. The molecule has 0 atom stereocenters. The van der Waals surface area contributed by atoms with Gasteiger partial charge in [-0.2, -0.15) is 0 Å². The van der Waals surface area contributed by atoms with Crippen LogP contribution in [0.2, 0.25) is 5.15 Å². The zero-order valence-corrected chi connectivity index (χ0v) is 8.89. The molecule has 0 aliphatic carbocycles. The lowest BCUT2D eigenvalue weighted by atomic mass is 10.1. The van der Waals surface area contributed by atoms with E-state index in [2.05, 4.69) is 4.98 Å². The van der Waals surface area contributed by atoms with Crippen molar-refractivity contribution in [2.45, 2.75) is 0 Å². The van der Waals surface area contributed by atoms with Crippen LogP contribution < -0.4 is 0 Å². The van der Waals surface area contributed by atoms with Gasteiger partial charge in [0, 0.05) is 11.6 Å². The molecule has 0 bridgehead atoms. The molecule has 80 valence electrons. The SMILES string of the molecule is O=[N+]([O-])c1ccc(-c2ccccc2)c(Cl)n1. The number of rotatable bonds is 2. The van der Waals surface area contributed by atoms with Crippen molar-refractivity contribution in [3.63, 3.8) is 0 Å². The second-order valence-corrected chi connectivity index (χ2v) is 3.49. The summed E-state index contributed by atoms with van der Waals surface area (Å²) >= 11 is 5.89. The first-order valence-electron chi connectivity index (χ1n) is 4.55. The predicted octanol–water partition coefficient (Wildman–Crippen LogP) is 3.31. The first-order valence-corrected chi connectivity index (χ1v) is 4.92. The molecule has 0 spiro atoms. The van der Waals surface area contributed by atoms with Crippen LogP contribution in [0.1, 0.15) is 0 Å². The molecule has 0 radical (unpaired) electrons. The largest absolute Gasteiger partial charge is 0.365 e. The van der Waals surface area contributed by atoms with Crippen LogP contribution in [0.4, 0.5) is 5.82 Å². The number of halogens is 1. The van der Waals surface area contributed by atoms with Gasteiger partial charge in [0.05, 0.1) is 0 Å². The molecular formula is C11H7ClN2O2. The summed E-state index contributed by atoms with van der Waals surface area (Å²) in [5, 5.41) is 10.6. The Morgan fingerprint density at radius 3 is 2.38 bits per heavy atom. The summed E-state index contributed by atoms with van der Waals surface area (Å²) in [6.07, 6.45) is 0. The van der Waals surface area contributed by atoms with Crippen LogP contribution in [0.15, 0.2) is 42.5 Å². The molecule has 0 saturated heterocycles. The number of hydrogen-bond donors (Lipinski definition) is 0. The minimum absolute atomic E-state index is 0.139. The molecule has 1 aromatic heterocycles. The van der Waals surface area contributed by atoms with Crippen molar-refractivity contribution in [2.75, 3.05) is 0 Å². The lowest BCUT2D eigenvalue weighted by Crippen LogP contribution is -1.93. The number of pyridine rings is 1. The molecule has 16 heavy (non-hydrogen) atoms. The Hall–Kier alpha value is -1.94. The molecule has 0 fully saturated rings. The highest BCUT2D eigenvalue weighted by Gasteiger charge is 2.14. The second kappa shape index (κ2) is 4.28. The van der Waals surface area contributed by atoms with Gasteiger partial charge in [0.25, 0.3) is 0 Å². The number of aromatic nitrogens is 1. The number of benzene rings is 1. The van der Waals surface area contributed by atoms with Gasteiger partial charge < -0.3 is 10.1 Å². The molecule has 0 aliphatic rings. The molecule has 0 N–H and O–H groups in total. The van der Waals surface area contributed by atoms with Gasteiger partial charge in [0.15, 0.2) is 0 Å². The maximum atomic E-state index is 10.5. The van der Waals surface area contributed by atoms with Crippen LogP contribution in [0.3, 0.4) is 0 Å². The van der Waals surface area contributed by atoms with Crippen molar-refractivity contribution in [2.24, 2.45) is 0 Å². The molecule has 0 amide bonds. The Kier molecular flexibility index (Phi) is 2.83. The van der Waals surface area contributed by atoms with Crippen molar-refractivity contribution >= 4 is 17.4 Å². The van der Waals surface area contributed by atoms with E-state index < -0.39 is 4.92 Å². The van der Waals surface area contributed by atoms with Gasteiger partial charge in [-0.25, -0.2) is 0 Å². The van der Waals surface area contributed by atoms with Gasteiger partial charge in [-0.1, -0.05) is 30.3 Å². The predicted molar refractivity (Wildman–Crippen MR) is 61.3 cm³/mol. The molecule has 2 aromatic rings. The third-order valence-corrected chi connectivity index (χ3v) is 2.39. The van der Waals surface area contributed by atoms with Gasteiger partial charge in [0.2, 0.25) is 5.15 Å². The van der Waals surface area contributed by atoms with E-state index in [9.17, 15) is 10.1 Å². The maximum absolute atomic E-state index is 10.5. The Morgan fingerprint density at radius 2 is 1.81 bits per heavy atom. The second-order valence-electron chi connectivity index (χ2n) is 3.13. The van der Waals surface area contributed by atoms with E-state index in [-0.39, 0.29) is 11.0 Å². The normalized spacial score (nSPS) is 10.1. The van der Waals surface area contributed by atoms with E-state index in [4.69, 9.17) is 11.6 Å². The number of hydrogen-bond acceptors (Lipinski definition) is 3. The molecule has 1 aromatic carbocycles. The fraction of sp³-hybridized carbons (Fsp3) is 0. The summed E-state index contributed by atoms with van der Waals surface area (Å²) in [6, 6.07) is 12.3. The zero-order valence-electron chi connectivity index (χ0n) is 8.13. The van der Waals surface area contributed by atoms with Crippen molar-refractivity contribution in [3.8, 4) is 11.1 Å². The summed E-state index contributed by atoms with van der Waals surface area (Å²) < 4.78 is 0. The Morgan fingerprint density at radius 1 is 1.12 bits per heavy atom. The van der Waals surface area contributed by atoms with Crippen molar-refractivity contribution in [1.82, 2.24) is 4.98 Å². The molecule has 5 heteroatoms. The Balaban J connectivity index is 2.48. The van der Waals surface area contributed by atoms with Crippen molar-refractivity contribution in [3.05, 3.63) is 57.7 Å². The Labute approximate surface area is 96.7 Å². The van der Waals surface area contributed by atoms with Crippen LogP contribution in [0.5, 0.6) is 0 Å². The average Bonchev–Trinajstić information content (AvgIpc) is 2.30. The quantitative estimate of drug-likeness (QED) is 0.455. The molecule has 1 heterocycles. The molecule has 2 rings (SSSR count). The van der Waals surface area contributed by atoms with E-state index in [1.807, 2.05) is 30.3 Å². The smallest absolute Gasteiger partial charge is 0.358 e. The minimum atomic E-state index is -0.569. The van der Waals surface area contributed by atoms with E-state index in [1.54, 1.807) is 6.07 Å². The highest BCUT2D eigenvalue weighted by Crippen LogP contribution is 2.27. The van der Waals surface area contributed by atoms with Crippen LogP contribution in [-0.4, -0.2) is 9.91 Å². The van der Waals surface area contributed by atoms with E-state index >= 15 is 0 Å². The van der Waals surface area contributed by atoms with Crippen LogP contribution in [0, 0.1) is 10.1 Å². The van der Waals surface area contributed by atoms with Gasteiger partial charge >= 0.3 is 5.82 Å². The molecule has 0 aliphatic heterocycles. The molecule has 0 saturated carbocycles. The van der Waals surface area contributed by atoms with Crippen molar-refractivity contribution in [1.29, 1.82) is 0 Å². The topological polar surface area (TPSA) is 56.0 Å². The first kappa shape index (κ1) is 10.6. The summed E-state index contributed by atoms with van der Waals surface area (Å²) in [6.45, 7) is 0. The summed E-state index contributed by atoms with van der Waals surface area (Å²) in [7, 11) is 0. The van der Waals surface area contributed by atoms with Gasteiger partial charge in [0.1, 0.15) is 0 Å². The van der Waals surface area contributed by atoms with Crippen molar-refractivity contribution < 1.29 is 4.92 Å². The summed E-state index contributed by atoms with van der Waals surface area (Å²) in [5.41, 5.74) is 1.57. The summed E-state index contributed by atoms with van der Waals surface area (Å²) in [5.74, 6) is -0.246. The summed E-state index contributed by atoms with van der Waals surface area (Å²) in [4.78, 5) is 13.6. The average molecular weight is 235 g/mol. The number of nitro groups is 1. The minimum Gasteiger partial charge on any atom is -0.358 e. The third kappa shape index (κ3) is 2.01. The van der Waals surface area contributed by atoms with Gasteiger partial charge in [-0.15, -0.1) is 0 Å². The molecule has 4 nitrogen and oxygen atoms in total.